The number of aryl methyl sites for hydroxylation is 2. The molecule has 0 saturated carbocycles. The van der Waals surface area contributed by atoms with Crippen LogP contribution >= 0.6 is 0 Å². The van der Waals surface area contributed by atoms with Crippen molar-refractivity contribution in [2.24, 2.45) is 0 Å². The van der Waals surface area contributed by atoms with Crippen molar-refractivity contribution in [3.05, 3.63) is 71.5 Å². The van der Waals surface area contributed by atoms with Crippen molar-refractivity contribution < 1.29 is 26.8 Å². The van der Waals surface area contributed by atoms with Crippen LogP contribution in [-0.4, -0.2) is 28.1 Å². The maximum absolute atomic E-state index is 15.0. The zero-order valence-corrected chi connectivity index (χ0v) is 18.9. The average Bonchev–Trinajstić information content (AvgIpc) is 3.40. The molecule has 0 unspecified atom stereocenters. The lowest BCUT2D eigenvalue weighted by molar-refractivity contribution is -0.140. The van der Waals surface area contributed by atoms with Gasteiger partial charge in [0.2, 0.25) is 0 Å². The highest BCUT2D eigenvalue weighted by molar-refractivity contribution is 6.05. The van der Waals surface area contributed by atoms with Crippen LogP contribution in [0, 0.1) is 17.1 Å². The maximum Gasteiger partial charge on any atom is 0.420 e. The molecular weight excluding hydrogens is 466 g/mol. The number of nitrogens with zero attached hydrogens (tertiary/aromatic N) is 5. The number of pyridine rings is 1. The third-order valence-electron chi connectivity index (χ3n) is 5.97. The number of hydrogen-bond donors (Lipinski definition) is 0. The summed E-state index contributed by atoms with van der Waals surface area (Å²) in [6.07, 6.45) is 1.69. The van der Waals surface area contributed by atoms with E-state index in [1.54, 1.807) is 43.3 Å². The van der Waals surface area contributed by atoms with Crippen molar-refractivity contribution in [1.82, 2.24) is 9.97 Å². The van der Waals surface area contributed by atoms with E-state index in [0.29, 0.717) is 24.4 Å². The zero-order chi connectivity index (χ0) is 25.4. The minimum Gasteiger partial charge on any atom is -0.449 e. The van der Waals surface area contributed by atoms with Gasteiger partial charge in [0.05, 0.1) is 42.1 Å². The Balaban J connectivity index is 1.56. The molecule has 3 heterocycles. The lowest BCUT2D eigenvalue weighted by atomic mass is 10.0. The molecular formula is C24H21F4N5O2. The highest BCUT2D eigenvalue weighted by Gasteiger charge is 2.48. The number of amides is 1. The number of nitriles is 1. The van der Waals surface area contributed by atoms with Gasteiger partial charge in [-0.05, 0) is 51.0 Å². The molecule has 0 bridgehead atoms. The van der Waals surface area contributed by atoms with Crippen LogP contribution in [0.5, 0.6) is 0 Å². The number of anilines is 2. The summed E-state index contributed by atoms with van der Waals surface area (Å²) < 4.78 is 60.5. The molecule has 3 aromatic rings. The van der Waals surface area contributed by atoms with Crippen molar-refractivity contribution in [1.29, 1.82) is 5.26 Å². The number of aromatic nitrogens is 2. The fourth-order valence-electron chi connectivity index (χ4n) is 4.08. The standard InChI is InChI=1S/C24H21F4N5O2/c1-23(2)22(34)32(18-9-6-15(12-29)20(21(18)25)24(26,27)28)14-33(23)17-8-7-16(31-13-17)4-3-5-19-30-10-11-35-19/h6-11,13H,3-5,14H2,1-2H3. The summed E-state index contributed by atoms with van der Waals surface area (Å²) in [6, 6.07) is 6.83. The molecule has 1 fully saturated rings. The Hall–Kier alpha value is -3.94. The van der Waals surface area contributed by atoms with Gasteiger partial charge in [-0.2, -0.15) is 18.4 Å². The molecule has 11 heteroatoms. The van der Waals surface area contributed by atoms with Crippen LogP contribution < -0.4 is 9.80 Å². The minimum atomic E-state index is -5.09. The van der Waals surface area contributed by atoms with Crippen LogP contribution in [-0.2, 0) is 23.8 Å². The lowest BCUT2D eigenvalue weighted by Crippen LogP contribution is -2.43. The molecule has 1 amide bonds. The predicted octanol–water partition coefficient (Wildman–Crippen LogP) is 4.86. The van der Waals surface area contributed by atoms with Crippen LogP contribution in [0.25, 0.3) is 0 Å². The van der Waals surface area contributed by atoms with Crippen molar-refractivity contribution in [2.45, 2.75) is 44.8 Å². The van der Waals surface area contributed by atoms with Gasteiger partial charge in [-0.1, -0.05) is 0 Å². The van der Waals surface area contributed by atoms with Crippen molar-refractivity contribution >= 4 is 17.3 Å². The smallest absolute Gasteiger partial charge is 0.420 e. The van der Waals surface area contributed by atoms with Crippen LogP contribution in [0.15, 0.2) is 47.3 Å². The van der Waals surface area contributed by atoms with E-state index in [4.69, 9.17) is 9.68 Å². The van der Waals surface area contributed by atoms with E-state index in [0.717, 1.165) is 29.1 Å². The van der Waals surface area contributed by atoms with E-state index in [1.807, 2.05) is 0 Å². The van der Waals surface area contributed by atoms with Gasteiger partial charge in [-0.15, -0.1) is 0 Å². The van der Waals surface area contributed by atoms with Crippen LogP contribution in [0.4, 0.5) is 28.9 Å². The normalized spacial score (nSPS) is 15.5. The van der Waals surface area contributed by atoms with Crippen LogP contribution in [0.3, 0.4) is 0 Å². The molecule has 1 saturated heterocycles. The summed E-state index contributed by atoms with van der Waals surface area (Å²) in [4.78, 5) is 24.2. The van der Waals surface area contributed by atoms with Crippen molar-refractivity contribution in [3.8, 4) is 6.07 Å². The van der Waals surface area contributed by atoms with Gasteiger partial charge in [0.15, 0.2) is 11.7 Å². The average molecular weight is 487 g/mol. The number of alkyl halides is 3. The zero-order valence-electron chi connectivity index (χ0n) is 18.9. The summed E-state index contributed by atoms with van der Waals surface area (Å²) in [7, 11) is 0. The summed E-state index contributed by atoms with van der Waals surface area (Å²) >= 11 is 0. The first-order chi connectivity index (χ1) is 16.5. The SMILES string of the molecule is CC1(C)C(=O)N(c2ccc(C#N)c(C(F)(F)F)c2F)CN1c1ccc(CCCc2ncco2)nc1. The molecule has 0 atom stereocenters. The van der Waals surface area contributed by atoms with Gasteiger partial charge in [-0.25, -0.2) is 9.37 Å². The van der Waals surface area contributed by atoms with Gasteiger partial charge in [-0.3, -0.25) is 14.7 Å². The number of carbonyl (C=O) groups excluding carboxylic acids is 1. The highest BCUT2D eigenvalue weighted by Crippen LogP contribution is 2.40. The third kappa shape index (κ3) is 4.56. The van der Waals surface area contributed by atoms with E-state index in [-0.39, 0.29) is 6.67 Å². The lowest BCUT2D eigenvalue weighted by Gasteiger charge is -2.29. The highest BCUT2D eigenvalue weighted by atomic mass is 19.4. The number of carbonyl (C=O) groups is 1. The van der Waals surface area contributed by atoms with Gasteiger partial charge in [0, 0.05) is 12.1 Å². The minimum absolute atomic E-state index is 0.183. The second-order valence-corrected chi connectivity index (χ2v) is 8.58. The van der Waals surface area contributed by atoms with Crippen molar-refractivity contribution in [2.75, 3.05) is 16.5 Å². The molecule has 35 heavy (non-hydrogen) atoms. The fourth-order valence-corrected chi connectivity index (χ4v) is 4.08. The Morgan fingerprint density at radius 1 is 1.17 bits per heavy atom. The number of halogens is 4. The van der Waals surface area contributed by atoms with Crippen LogP contribution in [0.1, 0.15) is 43.0 Å². The number of rotatable bonds is 6. The van der Waals surface area contributed by atoms with E-state index < -0.39 is 40.3 Å². The van der Waals surface area contributed by atoms with E-state index in [9.17, 15) is 22.4 Å². The largest absolute Gasteiger partial charge is 0.449 e. The first-order valence-electron chi connectivity index (χ1n) is 10.8. The summed E-state index contributed by atoms with van der Waals surface area (Å²) in [5.74, 6) is -1.59. The molecule has 0 spiro atoms. The third-order valence-corrected chi connectivity index (χ3v) is 5.97. The Kier molecular flexibility index (Phi) is 6.23. The monoisotopic (exact) mass is 487 g/mol. The molecule has 0 N–H and O–H groups in total. The van der Waals surface area contributed by atoms with Gasteiger partial charge >= 0.3 is 6.18 Å². The maximum atomic E-state index is 15.0. The molecule has 1 aromatic carbocycles. The summed E-state index contributed by atoms with van der Waals surface area (Å²) in [6.45, 7) is 3.02. The molecule has 4 rings (SSSR count). The van der Waals surface area contributed by atoms with E-state index in [2.05, 4.69) is 9.97 Å². The van der Waals surface area contributed by atoms with Gasteiger partial charge in [0.25, 0.3) is 5.91 Å². The Bertz CT molecular complexity index is 1260. The number of hydrogen-bond acceptors (Lipinski definition) is 6. The second kappa shape index (κ2) is 9.02. The summed E-state index contributed by atoms with van der Waals surface area (Å²) in [5, 5.41) is 8.99. The van der Waals surface area contributed by atoms with Crippen molar-refractivity contribution in [3.63, 3.8) is 0 Å². The van der Waals surface area contributed by atoms with E-state index >= 15 is 0 Å². The quantitative estimate of drug-likeness (QED) is 0.462. The Morgan fingerprint density at radius 2 is 1.94 bits per heavy atom. The molecule has 0 radical (unpaired) electrons. The molecule has 2 aromatic heterocycles. The summed E-state index contributed by atoms with van der Waals surface area (Å²) in [5.41, 5.74) is -2.86. The van der Waals surface area contributed by atoms with E-state index in [1.165, 1.54) is 12.3 Å². The first-order valence-corrected chi connectivity index (χ1v) is 10.8. The number of benzene rings is 1. The Morgan fingerprint density at radius 3 is 2.54 bits per heavy atom. The Labute approximate surface area is 198 Å². The molecule has 1 aliphatic rings. The second-order valence-electron chi connectivity index (χ2n) is 8.58. The number of oxazole rings is 1. The first kappa shape index (κ1) is 24.2. The molecule has 182 valence electrons. The molecule has 1 aliphatic heterocycles. The van der Waals surface area contributed by atoms with Gasteiger partial charge < -0.3 is 9.32 Å². The predicted molar refractivity (Wildman–Crippen MR) is 118 cm³/mol. The molecule has 0 aliphatic carbocycles. The fraction of sp³-hybridized carbons (Fsp3) is 0.333. The van der Waals surface area contributed by atoms with Gasteiger partial charge in [0.1, 0.15) is 17.4 Å². The topological polar surface area (TPSA) is 86.3 Å². The molecule has 7 nitrogen and oxygen atoms in total. The van der Waals surface area contributed by atoms with Crippen LogP contribution in [0.2, 0.25) is 0 Å².